The van der Waals surface area contributed by atoms with Crippen LogP contribution >= 0.6 is 0 Å². The fourth-order valence-electron chi connectivity index (χ4n) is 2.29. The summed E-state index contributed by atoms with van der Waals surface area (Å²) in [5, 5.41) is 9.77. The smallest absolute Gasteiger partial charge is 0.161 e. The van der Waals surface area contributed by atoms with Crippen molar-refractivity contribution in [2.45, 2.75) is 27.3 Å². The molecule has 0 fully saturated rings. The molecule has 0 aliphatic rings. The maximum absolute atomic E-state index is 9.77. The highest BCUT2D eigenvalue weighted by Crippen LogP contribution is 2.28. The lowest BCUT2D eigenvalue weighted by molar-refractivity contribution is 0.317. The standard InChI is InChI=1S/C18H23NO2/c1-4-19(16-9-6-14(3)7-10-16)13-15-8-11-17(20)18(12-15)21-5-2/h6-12,20H,4-5,13H2,1-3H3. The van der Waals surface area contributed by atoms with Crippen LogP contribution < -0.4 is 9.64 Å². The Morgan fingerprint density at radius 2 is 1.76 bits per heavy atom. The highest BCUT2D eigenvalue weighted by atomic mass is 16.5. The number of anilines is 1. The van der Waals surface area contributed by atoms with E-state index in [9.17, 15) is 5.11 Å². The fourth-order valence-corrected chi connectivity index (χ4v) is 2.29. The van der Waals surface area contributed by atoms with Gasteiger partial charge in [-0.2, -0.15) is 0 Å². The van der Waals surface area contributed by atoms with Crippen LogP contribution in [0.3, 0.4) is 0 Å². The molecule has 0 spiro atoms. The van der Waals surface area contributed by atoms with Gasteiger partial charge < -0.3 is 14.7 Å². The van der Waals surface area contributed by atoms with Crippen LogP contribution in [0, 0.1) is 6.92 Å². The minimum atomic E-state index is 0.194. The average molecular weight is 285 g/mol. The van der Waals surface area contributed by atoms with Crippen molar-refractivity contribution < 1.29 is 9.84 Å². The number of aromatic hydroxyl groups is 1. The number of hydrogen-bond donors (Lipinski definition) is 1. The summed E-state index contributed by atoms with van der Waals surface area (Å²) in [6, 6.07) is 14.1. The van der Waals surface area contributed by atoms with Crippen LogP contribution in [0.5, 0.6) is 11.5 Å². The predicted octanol–water partition coefficient (Wildman–Crippen LogP) is 4.13. The monoisotopic (exact) mass is 285 g/mol. The number of phenolic OH excluding ortho intramolecular Hbond substituents is 1. The van der Waals surface area contributed by atoms with Crippen LogP contribution in [0.4, 0.5) is 5.69 Å². The molecular formula is C18H23NO2. The summed E-state index contributed by atoms with van der Waals surface area (Å²) >= 11 is 0. The molecule has 0 aliphatic carbocycles. The van der Waals surface area contributed by atoms with Crippen LogP contribution in [-0.4, -0.2) is 18.3 Å². The zero-order chi connectivity index (χ0) is 15.2. The van der Waals surface area contributed by atoms with E-state index in [0.717, 1.165) is 18.7 Å². The Morgan fingerprint density at radius 3 is 2.38 bits per heavy atom. The van der Waals surface area contributed by atoms with Gasteiger partial charge in [-0.1, -0.05) is 23.8 Å². The summed E-state index contributed by atoms with van der Waals surface area (Å²) in [5.74, 6) is 0.744. The Hall–Kier alpha value is -2.16. The lowest BCUT2D eigenvalue weighted by Gasteiger charge is -2.23. The normalized spacial score (nSPS) is 10.4. The van der Waals surface area contributed by atoms with Gasteiger partial charge in [-0.25, -0.2) is 0 Å². The summed E-state index contributed by atoms with van der Waals surface area (Å²) < 4.78 is 5.45. The van der Waals surface area contributed by atoms with E-state index in [-0.39, 0.29) is 5.75 Å². The van der Waals surface area contributed by atoms with E-state index in [0.29, 0.717) is 12.4 Å². The lowest BCUT2D eigenvalue weighted by atomic mass is 10.1. The number of phenols is 1. The van der Waals surface area contributed by atoms with E-state index in [4.69, 9.17) is 4.74 Å². The molecule has 21 heavy (non-hydrogen) atoms. The highest BCUT2D eigenvalue weighted by molar-refractivity contribution is 5.49. The third-order valence-electron chi connectivity index (χ3n) is 3.48. The quantitative estimate of drug-likeness (QED) is 0.866. The number of benzene rings is 2. The van der Waals surface area contributed by atoms with Gasteiger partial charge in [-0.05, 0) is 50.6 Å². The molecule has 3 nitrogen and oxygen atoms in total. The Balaban J connectivity index is 2.18. The number of aryl methyl sites for hydroxylation is 1. The maximum atomic E-state index is 9.77. The Morgan fingerprint density at radius 1 is 1.05 bits per heavy atom. The molecule has 3 heteroatoms. The number of rotatable bonds is 6. The van der Waals surface area contributed by atoms with E-state index >= 15 is 0 Å². The third kappa shape index (κ3) is 3.91. The fraction of sp³-hybridized carbons (Fsp3) is 0.333. The van der Waals surface area contributed by atoms with Crippen LogP contribution in [-0.2, 0) is 6.54 Å². The molecule has 0 amide bonds. The van der Waals surface area contributed by atoms with E-state index in [1.54, 1.807) is 6.07 Å². The lowest BCUT2D eigenvalue weighted by Crippen LogP contribution is -2.21. The van der Waals surface area contributed by atoms with Crippen molar-refractivity contribution >= 4 is 5.69 Å². The van der Waals surface area contributed by atoms with E-state index in [1.807, 2.05) is 19.1 Å². The number of hydrogen-bond acceptors (Lipinski definition) is 3. The predicted molar refractivity (Wildman–Crippen MR) is 87.2 cm³/mol. The zero-order valence-corrected chi connectivity index (χ0v) is 13.0. The molecule has 0 saturated carbocycles. The molecule has 2 aromatic carbocycles. The first kappa shape index (κ1) is 15.2. The molecule has 0 saturated heterocycles. The van der Waals surface area contributed by atoms with Gasteiger partial charge in [-0.15, -0.1) is 0 Å². The summed E-state index contributed by atoms with van der Waals surface area (Å²) in [5.41, 5.74) is 3.59. The van der Waals surface area contributed by atoms with Crippen molar-refractivity contribution in [3.63, 3.8) is 0 Å². The highest BCUT2D eigenvalue weighted by Gasteiger charge is 2.08. The average Bonchev–Trinajstić information content (AvgIpc) is 2.49. The van der Waals surface area contributed by atoms with Crippen molar-refractivity contribution in [3.8, 4) is 11.5 Å². The van der Waals surface area contributed by atoms with Crippen molar-refractivity contribution in [2.24, 2.45) is 0 Å². The molecule has 0 bridgehead atoms. The topological polar surface area (TPSA) is 32.7 Å². The van der Waals surface area contributed by atoms with Crippen LogP contribution in [0.25, 0.3) is 0 Å². The molecule has 2 aromatic rings. The van der Waals surface area contributed by atoms with Gasteiger partial charge in [0.05, 0.1) is 6.61 Å². The minimum Gasteiger partial charge on any atom is -0.504 e. The summed E-state index contributed by atoms with van der Waals surface area (Å²) in [6.07, 6.45) is 0. The van der Waals surface area contributed by atoms with Gasteiger partial charge in [0, 0.05) is 18.8 Å². The molecule has 0 aromatic heterocycles. The summed E-state index contributed by atoms with van der Waals surface area (Å²) in [4.78, 5) is 2.29. The van der Waals surface area contributed by atoms with Crippen molar-refractivity contribution in [1.82, 2.24) is 0 Å². The molecule has 0 atom stereocenters. The van der Waals surface area contributed by atoms with Crippen LogP contribution in [0.1, 0.15) is 25.0 Å². The largest absolute Gasteiger partial charge is 0.504 e. The number of nitrogens with zero attached hydrogens (tertiary/aromatic N) is 1. The SMILES string of the molecule is CCOc1cc(CN(CC)c2ccc(C)cc2)ccc1O. The Labute approximate surface area is 126 Å². The first-order chi connectivity index (χ1) is 10.1. The van der Waals surface area contributed by atoms with Crippen molar-refractivity contribution in [3.05, 3.63) is 53.6 Å². The molecule has 0 aliphatic heterocycles. The molecule has 0 heterocycles. The molecular weight excluding hydrogens is 262 g/mol. The molecule has 112 valence electrons. The zero-order valence-electron chi connectivity index (χ0n) is 13.0. The second kappa shape index (κ2) is 7.02. The molecule has 2 rings (SSSR count). The van der Waals surface area contributed by atoms with Crippen molar-refractivity contribution in [2.75, 3.05) is 18.1 Å². The first-order valence-corrected chi connectivity index (χ1v) is 7.40. The second-order valence-electron chi connectivity index (χ2n) is 5.08. The molecule has 0 radical (unpaired) electrons. The van der Waals surface area contributed by atoms with Gasteiger partial charge in [0.15, 0.2) is 11.5 Å². The Kier molecular flexibility index (Phi) is 5.09. The summed E-state index contributed by atoms with van der Waals surface area (Å²) in [6.45, 7) is 8.41. The maximum Gasteiger partial charge on any atom is 0.161 e. The van der Waals surface area contributed by atoms with Gasteiger partial charge in [-0.3, -0.25) is 0 Å². The second-order valence-corrected chi connectivity index (χ2v) is 5.08. The van der Waals surface area contributed by atoms with Gasteiger partial charge in [0.1, 0.15) is 0 Å². The van der Waals surface area contributed by atoms with Gasteiger partial charge >= 0.3 is 0 Å². The van der Waals surface area contributed by atoms with Gasteiger partial charge in [0.25, 0.3) is 0 Å². The Bertz CT molecular complexity index is 578. The van der Waals surface area contributed by atoms with Crippen LogP contribution in [0.15, 0.2) is 42.5 Å². The van der Waals surface area contributed by atoms with Gasteiger partial charge in [0.2, 0.25) is 0 Å². The molecule has 1 N–H and O–H groups in total. The van der Waals surface area contributed by atoms with Crippen LogP contribution in [0.2, 0.25) is 0 Å². The van der Waals surface area contributed by atoms with E-state index in [2.05, 4.69) is 43.0 Å². The third-order valence-corrected chi connectivity index (χ3v) is 3.48. The number of ether oxygens (including phenoxy) is 1. The summed E-state index contributed by atoms with van der Waals surface area (Å²) in [7, 11) is 0. The van der Waals surface area contributed by atoms with Crippen molar-refractivity contribution in [1.29, 1.82) is 0 Å². The minimum absolute atomic E-state index is 0.194. The molecule has 0 unspecified atom stereocenters. The van der Waals surface area contributed by atoms with E-state index in [1.165, 1.54) is 11.3 Å². The van der Waals surface area contributed by atoms with E-state index < -0.39 is 0 Å². The first-order valence-electron chi connectivity index (χ1n) is 7.40.